The molecule has 1 fully saturated rings. The first kappa shape index (κ1) is 24.7. The van der Waals surface area contributed by atoms with Crippen molar-refractivity contribution in [3.63, 3.8) is 0 Å². The maximum Gasteiger partial charge on any atom is 0.410 e. The van der Waals surface area contributed by atoms with Gasteiger partial charge in [0.2, 0.25) is 5.88 Å². The van der Waals surface area contributed by atoms with Crippen LogP contribution in [-0.4, -0.2) is 49.1 Å². The van der Waals surface area contributed by atoms with Crippen molar-refractivity contribution in [2.75, 3.05) is 13.1 Å². The molecule has 0 radical (unpaired) electrons. The highest BCUT2D eigenvalue weighted by Gasteiger charge is 2.39. The van der Waals surface area contributed by atoms with Gasteiger partial charge in [0, 0.05) is 32.0 Å². The maximum absolute atomic E-state index is 12.2. The van der Waals surface area contributed by atoms with Crippen molar-refractivity contribution in [1.82, 2.24) is 9.88 Å². The standard InChI is InChI=1S/C23H40N2O4Si/c1-17(29-30(8,9)23(5,6)7)19-11-10-12-20(24-19)27-18-13-15-25(16-14-18)21(26)28-22(2,3)4/h10-12,17-18H,13-16H2,1-9H3. The number of rotatable bonds is 5. The van der Waals surface area contributed by atoms with Crippen molar-refractivity contribution in [3.8, 4) is 5.88 Å². The number of carbonyl (C=O) groups excluding carboxylic acids is 1. The Bertz CT molecular complexity index is 717. The number of aromatic nitrogens is 1. The summed E-state index contributed by atoms with van der Waals surface area (Å²) in [6, 6.07) is 5.86. The predicted octanol–water partition coefficient (Wildman–Crippen LogP) is 5.94. The van der Waals surface area contributed by atoms with Crippen LogP contribution in [0.4, 0.5) is 4.79 Å². The molecule has 1 saturated heterocycles. The van der Waals surface area contributed by atoms with Gasteiger partial charge in [-0.05, 0) is 51.9 Å². The van der Waals surface area contributed by atoms with Gasteiger partial charge in [0.1, 0.15) is 11.7 Å². The van der Waals surface area contributed by atoms with Crippen molar-refractivity contribution >= 4 is 14.4 Å². The van der Waals surface area contributed by atoms with Crippen LogP contribution in [0.3, 0.4) is 0 Å². The van der Waals surface area contributed by atoms with E-state index in [0.717, 1.165) is 18.5 Å². The molecule has 170 valence electrons. The minimum absolute atomic E-state index is 0.0445. The quantitative estimate of drug-likeness (QED) is 0.534. The van der Waals surface area contributed by atoms with Gasteiger partial charge < -0.3 is 18.8 Å². The van der Waals surface area contributed by atoms with Gasteiger partial charge in [0.25, 0.3) is 0 Å². The molecular formula is C23H40N2O4Si. The average Bonchev–Trinajstić information content (AvgIpc) is 2.59. The van der Waals surface area contributed by atoms with Crippen LogP contribution >= 0.6 is 0 Å². The smallest absolute Gasteiger partial charge is 0.410 e. The van der Waals surface area contributed by atoms with Crippen molar-refractivity contribution in [2.24, 2.45) is 0 Å². The lowest BCUT2D eigenvalue weighted by atomic mass is 10.1. The summed E-state index contributed by atoms with van der Waals surface area (Å²) in [4.78, 5) is 18.7. The van der Waals surface area contributed by atoms with E-state index in [2.05, 4.69) is 40.8 Å². The summed E-state index contributed by atoms with van der Waals surface area (Å²) >= 11 is 0. The summed E-state index contributed by atoms with van der Waals surface area (Å²) in [6.45, 7) is 20.2. The Kier molecular flexibility index (Phi) is 7.62. The molecule has 2 heterocycles. The van der Waals surface area contributed by atoms with Crippen molar-refractivity contribution < 1.29 is 18.7 Å². The molecule has 1 aromatic rings. The Morgan fingerprint density at radius 3 is 2.27 bits per heavy atom. The lowest BCUT2D eigenvalue weighted by Crippen LogP contribution is -2.44. The number of nitrogens with zero attached hydrogens (tertiary/aromatic N) is 2. The van der Waals surface area contributed by atoms with Gasteiger partial charge in [-0.25, -0.2) is 9.78 Å². The van der Waals surface area contributed by atoms with Crippen LogP contribution in [0.25, 0.3) is 0 Å². The lowest BCUT2D eigenvalue weighted by molar-refractivity contribution is 0.0122. The molecule has 6 nitrogen and oxygen atoms in total. The third kappa shape index (κ3) is 6.98. The highest BCUT2D eigenvalue weighted by Crippen LogP contribution is 2.39. The van der Waals surface area contributed by atoms with Gasteiger partial charge in [-0.1, -0.05) is 26.8 Å². The molecule has 2 rings (SSSR count). The minimum atomic E-state index is -1.88. The first-order valence-electron chi connectivity index (χ1n) is 11.0. The molecule has 30 heavy (non-hydrogen) atoms. The van der Waals surface area contributed by atoms with E-state index in [4.69, 9.17) is 18.9 Å². The molecule has 1 aliphatic heterocycles. The normalized spacial score (nSPS) is 17.6. The van der Waals surface area contributed by atoms with E-state index in [1.54, 1.807) is 4.90 Å². The van der Waals surface area contributed by atoms with E-state index in [1.165, 1.54) is 0 Å². The summed E-state index contributed by atoms with van der Waals surface area (Å²) in [5, 5.41) is 0.150. The van der Waals surface area contributed by atoms with Crippen LogP contribution in [0.2, 0.25) is 18.1 Å². The number of likely N-dealkylation sites (tertiary alicyclic amines) is 1. The highest BCUT2D eigenvalue weighted by molar-refractivity contribution is 6.74. The number of hydrogen-bond donors (Lipinski definition) is 0. The molecule has 1 amide bonds. The van der Waals surface area contributed by atoms with E-state index in [1.807, 2.05) is 39.0 Å². The fourth-order valence-electron chi connectivity index (χ4n) is 3.06. The first-order chi connectivity index (χ1) is 13.7. The first-order valence-corrected chi connectivity index (χ1v) is 13.9. The largest absolute Gasteiger partial charge is 0.474 e. The zero-order valence-electron chi connectivity index (χ0n) is 20.2. The van der Waals surface area contributed by atoms with Crippen LogP contribution in [0.15, 0.2) is 18.2 Å². The van der Waals surface area contributed by atoms with Crippen molar-refractivity contribution in [3.05, 3.63) is 23.9 Å². The molecule has 0 saturated carbocycles. The Labute approximate surface area is 183 Å². The molecule has 1 aliphatic rings. The third-order valence-corrected chi connectivity index (χ3v) is 10.4. The van der Waals surface area contributed by atoms with Crippen LogP contribution < -0.4 is 4.74 Å². The number of carbonyl (C=O) groups is 1. The van der Waals surface area contributed by atoms with Crippen molar-refractivity contribution in [1.29, 1.82) is 0 Å². The average molecular weight is 437 g/mol. The zero-order chi connectivity index (χ0) is 22.7. The minimum Gasteiger partial charge on any atom is -0.474 e. The molecule has 1 unspecified atom stereocenters. The Morgan fingerprint density at radius 1 is 1.13 bits per heavy atom. The molecule has 0 N–H and O–H groups in total. The summed E-state index contributed by atoms with van der Waals surface area (Å²) in [7, 11) is -1.88. The number of hydrogen-bond acceptors (Lipinski definition) is 5. The van der Waals surface area contributed by atoms with Gasteiger partial charge in [0.05, 0.1) is 11.8 Å². The molecule has 0 aliphatic carbocycles. The molecule has 0 bridgehead atoms. The SMILES string of the molecule is CC(O[Si](C)(C)C(C)(C)C)c1cccc(OC2CCN(C(=O)OC(C)(C)C)CC2)n1. The number of piperidine rings is 1. The van der Waals surface area contributed by atoms with Gasteiger partial charge in [0.15, 0.2) is 8.32 Å². The van der Waals surface area contributed by atoms with Gasteiger partial charge in [-0.15, -0.1) is 0 Å². The molecule has 1 aromatic heterocycles. The summed E-state index contributed by atoms with van der Waals surface area (Å²) in [5.41, 5.74) is 0.418. The third-order valence-electron chi connectivity index (χ3n) is 5.82. The molecule has 0 spiro atoms. The summed E-state index contributed by atoms with van der Waals surface area (Å²) in [5.74, 6) is 0.619. The second-order valence-electron chi connectivity index (χ2n) is 10.7. The lowest BCUT2D eigenvalue weighted by Gasteiger charge is -2.38. The number of pyridine rings is 1. The van der Waals surface area contributed by atoms with Gasteiger partial charge in [-0.2, -0.15) is 0 Å². The van der Waals surface area contributed by atoms with Crippen LogP contribution in [0.1, 0.15) is 73.1 Å². The summed E-state index contributed by atoms with van der Waals surface area (Å²) in [6.07, 6.45) is 1.24. The molecule has 7 heteroatoms. The Morgan fingerprint density at radius 2 is 1.73 bits per heavy atom. The van der Waals surface area contributed by atoms with Crippen LogP contribution in [0.5, 0.6) is 5.88 Å². The fourth-order valence-corrected chi connectivity index (χ4v) is 4.41. The van der Waals surface area contributed by atoms with Gasteiger partial charge >= 0.3 is 6.09 Å². The number of ether oxygens (including phenoxy) is 2. The maximum atomic E-state index is 12.2. The Balaban J connectivity index is 1.93. The van der Waals surface area contributed by atoms with E-state index in [0.29, 0.717) is 19.0 Å². The topological polar surface area (TPSA) is 60.9 Å². The predicted molar refractivity (Wildman–Crippen MR) is 122 cm³/mol. The van der Waals surface area contributed by atoms with E-state index < -0.39 is 13.9 Å². The van der Waals surface area contributed by atoms with Crippen LogP contribution in [0, 0.1) is 0 Å². The van der Waals surface area contributed by atoms with Crippen molar-refractivity contribution in [2.45, 2.75) is 97.2 Å². The van der Waals surface area contributed by atoms with Gasteiger partial charge in [-0.3, -0.25) is 0 Å². The van der Waals surface area contributed by atoms with Crippen LogP contribution in [-0.2, 0) is 9.16 Å². The Hall–Kier alpha value is -1.60. The molecule has 1 atom stereocenters. The molecular weight excluding hydrogens is 396 g/mol. The fraction of sp³-hybridized carbons (Fsp3) is 0.739. The zero-order valence-corrected chi connectivity index (χ0v) is 21.2. The number of amides is 1. The second kappa shape index (κ2) is 9.26. The monoisotopic (exact) mass is 436 g/mol. The molecule has 0 aromatic carbocycles. The second-order valence-corrected chi connectivity index (χ2v) is 15.5. The van der Waals surface area contributed by atoms with E-state index >= 15 is 0 Å². The highest BCUT2D eigenvalue weighted by atomic mass is 28.4. The van der Waals surface area contributed by atoms with E-state index in [-0.39, 0.29) is 23.3 Å². The van der Waals surface area contributed by atoms with E-state index in [9.17, 15) is 4.79 Å². The summed E-state index contributed by atoms with van der Waals surface area (Å²) < 4.78 is 18.1.